The minimum atomic E-state index is -0.852. The predicted octanol–water partition coefficient (Wildman–Crippen LogP) is 2.31. The first-order valence-corrected chi connectivity index (χ1v) is 9.66. The Kier molecular flexibility index (Phi) is 5.61. The molecule has 1 aromatic rings. The van der Waals surface area contributed by atoms with E-state index in [9.17, 15) is 9.90 Å². The number of aryl methyl sites for hydroxylation is 1. The normalized spacial score (nSPS) is 21.9. The molecule has 3 rings (SSSR count). The second kappa shape index (κ2) is 7.72. The van der Waals surface area contributed by atoms with Gasteiger partial charge in [-0.2, -0.15) is 0 Å². The van der Waals surface area contributed by atoms with Crippen molar-refractivity contribution in [3.63, 3.8) is 0 Å². The molecule has 0 saturated heterocycles. The summed E-state index contributed by atoms with van der Waals surface area (Å²) in [6.07, 6.45) is 8.90. The SMILES string of the molecule is C[C@H](NC(=O)NC[C@](C)(O)C1CCCCC1)c1nnc2n1CCCC2. The molecule has 3 N–H and O–H groups in total. The molecule has 0 unspecified atom stereocenters. The zero-order valence-corrected chi connectivity index (χ0v) is 15.4. The quantitative estimate of drug-likeness (QED) is 0.760. The van der Waals surface area contributed by atoms with Crippen LogP contribution in [0.5, 0.6) is 0 Å². The van der Waals surface area contributed by atoms with Crippen molar-refractivity contribution in [2.24, 2.45) is 5.92 Å². The Bertz CT molecular complexity index is 592. The number of hydrogen-bond acceptors (Lipinski definition) is 4. The first kappa shape index (κ1) is 18.2. The van der Waals surface area contributed by atoms with Gasteiger partial charge in [0.15, 0.2) is 5.82 Å². The van der Waals surface area contributed by atoms with Gasteiger partial charge in [-0.05, 0) is 45.4 Å². The maximum atomic E-state index is 12.3. The van der Waals surface area contributed by atoms with E-state index in [0.717, 1.165) is 50.3 Å². The molecule has 2 heterocycles. The minimum absolute atomic E-state index is 0.209. The van der Waals surface area contributed by atoms with Crippen LogP contribution in [0.1, 0.15) is 76.5 Å². The largest absolute Gasteiger partial charge is 0.388 e. The van der Waals surface area contributed by atoms with Crippen molar-refractivity contribution in [2.45, 2.75) is 83.4 Å². The van der Waals surface area contributed by atoms with Crippen LogP contribution in [0.15, 0.2) is 0 Å². The molecule has 0 spiro atoms. The van der Waals surface area contributed by atoms with Crippen LogP contribution in [0.25, 0.3) is 0 Å². The second-order valence-corrected chi connectivity index (χ2v) is 7.82. The summed E-state index contributed by atoms with van der Waals surface area (Å²) in [5.74, 6) is 2.09. The van der Waals surface area contributed by atoms with Crippen molar-refractivity contribution in [1.29, 1.82) is 0 Å². The highest BCUT2D eigenvalue weighted by molar-refractivity contribution is 5.74. The van der Waals surface area contributed by atoms with Crippen LogP contribution in [0.3, 0.4) is 0 Å². The Morgan fingerprint density at radius 1 is 1.28 bits per heavy atom. The number of amides is 2. The Morgan fingerprint density at radius 2 is 2.04 bits per heavy atom. The zero-order valence-electron chi connectivity index (χ0n) is 15.4. The first-order chi connectivity index (χ1) is 12.0. The topological polar surface area (TPSA) is 92.1 Å². The highest BCUT2D eigenvalue weighted by Gasteiger charge is 2.33. The third kappa shape index (κ3) is 4.32. The number of nitrogens with zero attached hydrogens (tertiary/aromatic N) is 3. The standard InChI is InChI=1S/C18H31N5O2/c1-13(16-22-21-15-10-6-7-11-23(15)16)20-17(24)19-12-18(2,25)14-8-4-3-5-9-14/h13-14,25H,3-12H2,1-2H3,(H2,19,20,24)/t13-,18-/m0/s1. The third-order valence-corrected chi connectivity index (χ3v) is 5.71. The van der Waals surface area contributed by atoms with E-state index in [-0.39, 0.29) is 24.5 Å². The van der Waals surface area contributed by atoms with Gasteiger partial charge < -0.3 is 20.3 Å². The molecule has 7 nitrogen and oxygen atoms in total. The number of urea groups is 1. The van der Waals surface area contributed by atoms with Crippen molar-refractivity contribution >= 4 is 6.03 Å². The second-order valence-electron chi connectivity index (χ2n) is 7.82. The van der Waals surface area contributed by atoms with E-state index in [1.807, 2.05) is 13.8 Å². The number of nitrogens with one attached hydrogen (secondary N) is 2. The van der Waals surface area contributed by atoms with Crippen LogP contribution in [-0.2, 0) is 13.0 Å². The molecule has 1 saturated carbocycles. The molecule has 2 atom stereocenters. The fourth-order valence-corrected chi connectivity index (χ4v) is 4.09. The van der Waals surface area contributed by atoms with Gasteiger partial charge >= 0.3 is 6.03 Å². The van der Waals surface area contributed by atoms with Crippen molar-refractivity contribution < 1.29 is 9.90 Å². The van der Waals surface area contributed by atoms with E-state index < -0.39 is 5.60 Å². The molecule has 7 heteroatoms. The summed E-state index contributed by atoms with van der Waals surface area (Å²) in [6, 6.07) is -0.476. The maximum absolute atomic E-state index is 12.3. The molecule has 2 amide bonds. The Labute approximate surface area is 149 Å². The molecule has 2 aliphatic rings. The fraction of sp³-hybridized carbons (Fsp3) is 0.833. The number of fused-ring (bicyclic) bond motifs is 1. The van der Waals surface area contributed by atoms with E-state index in [2.05, 4.69) is 25.4 Å². The van der Waals surface area contributed by atoms with Crippen LogP contribution in [-0.4, -0.2) is 38.0 Å². The minimum Gasteiger partial charge on any atom is -0.388 e. The van der Waals surface area contributed by atoms with E-state index in [1.165, 1.54) is 19.3 Å². The molecular formula is C18H31N5O2. The highest BCUT2D eigenvalue weighted by Crippen LogP contribution is 2.32. The van der Waals surface area contributed by atoms with Gasteiger partial charge in [-0.3, -0.25) is 0 Å². The van der Waals surface area contributed by atoms with Crippen LogP contribution in [0.2, 0.25) is 0 Å². The molecule has 0 bridgehead atoms. The number of rotatable bonds is 5. The van der Waals surface area contributed by atoms with Crippen molar-refractivity contribution in [1.82, 2.24) is 25.4 Å². The van der Waals surface area contributed by atoms with Crippen molar-refractivity contribution in [3.8, 4) is 0 Å². The molecular weight excluding hydrogens is 318 g/mol. The molecule has 1 aliphatic carbocycles. The summed E-state index contributed by atoms with van der Waals surface area (Å²) in [4.78, 5) is 12.3. The number of aromatic nitrogens is 3. The fourth-order valence-electron chi connectivity index (χ4n) is 4.09. The zero-order chi connectivity index (χ0) is 17.9. The lowest BCUT2D eigenvalue weighted by atomic mass is 9.78. The third-order valence-electron chi connectivity index (χ3n) is 5.71. The summed E-state index contributed by atoms with van der Waals surface area (Å²) < 4.78 is 2.12. The summed E-state index contributed by atoms with van der Waals surface area (Å²) in [6.45, 7) is 4.95. The molecule has 1 fully saturated rings. The lowest BCUT2D eigenvalue weighted by Crippen LogP contribution is -2.49. The van der Waals surface area contributed by atoms with Crippen LogP contribution in [0, 0.1) is 5.92 Å². The number of hydrogen-bond donors (Lipinski definition) is 3. The van der Waals surface area contributed by atoms with E-state index in [0.29, 0.717) is 0 Å². The Balaban J connectivity index is 1.51. The number of carbonyl (C=O) groups is 1. The average molecular weight is 349 g/mol. The van der Waals surface area contributed by atoms with Gasteiger partial charge in [0.2, 0.25) is 0 Å². The van der Waals surface area contributed by atoms with Gasteiger partial charge in [0.1, 0.15) is 5.82 Å². The summed E-state index contributed by atoms with van der Waals surface area (Å²) in [7, 11) is 0. The van der Waals surface area contributed by atoms with E-state index in [4.69, 9.17) is 0 Å². The Hall–Kier alpha value is -1.63. The number of carbonyl (C=O) groups excluding carboxylic acids is 1. The smallest absolute Gasteiger partial charge is 0.315 e. The summed E-state index contributed by atoms with van der Waals surface area (Å²) in [5, 5.41) is 24.9. The van der Waals surface area contributed by atoms with Crippen LogP contribution in [0.4, 0.5) is 4.79 Å². The van der Waals surface area contributed by atoms with Crippen molar-refractivity contribution in [3.05, 3.63) is 11.6 Å². The monoisotopic (exact) mass is 349 g/mol. The lowest BCUT2D eigenvalue weighted by molar-refractivity contribution is -0.0131. The molecule has 0 radical (unpaired) electrons. The molecule has 140 valence electrons. The first-order valence-electron chi connectivity index (χ1n) is 9.66. The van der Waals surface area contributed by atoms with Gasteiger partial charge in [-0.25, -0.2) is 4.79 Å². The van der Waals surface area contributed by atoms with Gasteiger partial charge in [0, 0.05) is 19.5 Å². The maximum Gasteiger partial charge on any atom is 0.315 e. The van der Waals surface area contributed by atoms with Crippen LogP contribution >= 0.6 is 0 Å². The van der Waals surface area contributed by atoms with Crippen LogP contribution < -0.4 is 10.6 Å². The lowest BCUT2D eigenvalue weighted by Gasteiger charge is -2.35. The summed E-state index contributed by atoms with van der Waals surface area (Å²) >= 11 is 0. The predicted molar refractivity (Wildman–Crippen MR) is 95.1 cm³/mol. The van der Waals surface area contributed by atoms with E-state index in [1.54, 1.807) is 0 Å². The molecule has 1 aromatic heterocycles. The van der Waals surface area contributed by atoms with E-state index >= 15 is 0 Å². The van der Waals surface area contributed by atoms with Crippen molar-refractivity contribution in [2.75, 3.05) is 6.54 Å². The average Bonchev–Trinajstić information content (AvgIpc) is 3.05. The summed E-state index contributed by atoms with van der Waals surface area (Å²) in [5.41, 5.74) is -0.852. The highest BCUT2D eigenvalue weighted by atomic mass is 16.3. The molecule has 25 heavy (non-hydrogen) atoms. The molecule has 0 aromatic carbocycles. The van der Waals surface area contributed by atoms with Gasteiger partial charge in [-0.1, -0.05) is 19.3 Å². The number of aliphatic hydroxyl groups is 1. The van der Waals surface area contributed by atoms with Gasteiger partial charge in [-0.15, -0.1) is 10.2 Å². The van der Waals surface area contributed by atoms with Gasteiger partial charge in [0.25, 0.3) is 0 Å². The Morgan fingerprint density at radius 3 is 2.80 bits per heavy atom. The molecule has 1 aliphatic heterocycles. The van der Waals surface area contributed by atoms with Gasteiger partial charge in [0.05, 0.1) is 11.6 Å².